The molecule has 0 amide bonds. The van der Waals surface area contributed by atoms with Gasteiger partial charge in [-0.1, -0.05) is 18.2 Å². The smallest absolute Gasteiger partial charge is 0.147 e. The Hall–Kier alpha value is -1.42. The van der Waals surface area contributed by atoms with Crippen molar-refractivity contribution in [1.82, 2.24) is 0 Å². The largest absolute Gasteiger partial charge is 0.375 e. The number of benzene rings is 2. The first-order valence-corrected chi connectivity index (χ1v) is 6.94. The molecular formula is C15H12BrF2N. The number of hydrogen-bond acceptors (Lipinski definition) is 1. The molecule has 1 aliphatic carbocycles. The molecule has 0 aromatic heterocycles. The molecule has 0 heterocycles. The molecule has 19 heavy (non-hydrogen) atoms. The summed E-state index contributed by atoms with van der Waals surface area (Å²) in [7, 11) is 0. The number of anilines is 1. The summed E-state index contributed by atoms with van der Waals surface area (Å²) in [6.45, 7) is 0. The van der Waals surface area contributed by atoms with Crippen LogP contribution in [0.25, 0.3) is 0 Å². The van der Waals surface area contributed by atoms with Gasteiger partial charge in [-0.25, -0.2) is 8.78 Å². The summed E-state index contributed by atoms with van der Waals surface area (Å²) in [5.74, 6) is -0.478. The number of nitrogens with one attached hydrogen (secondary N) is 1. The van der Waals surface area contributed by atoms with Crippen molar-refractivity contribution in [2.24, 2.45) is 0 Å². The molecule has 4 heteroatoms. The summed E-state index contributed by atoms with van der Waals surface area (Å²) in [4.78, 5) is 0. The molecule has 1 N–H and O–H groups in total. The van der Waals surface area contributed by atoms with Gasteiger partial charge in [0.15, 0.2) is 0 Å². The van der Waals surface area contributed by atoms with E-state index in [0.29, 0.717) is 16.6 Å². The van der Waals surface area contributed by atoms with Gasteiger partial charge in [0.1, 0.15) is 11.6 Å². The summed E-state index contributed by atoms with van der Waals surface area (Å²) in [6, 6.07) is 9.87. The first-order chi connectivity index (χ1) is 9.16. The van der Waals surface area contributed by atoms with E-state index in [0.717, 1.165) is 17.5 Å². The van der Waals surface area contributed by atoms with E-state index >= 15 is 0 Å². The molecule has 2 aromatic carbocycles. The zero-order valence-electron chi connectivity index (χ0n) is 10.1. The van der Waals surface area contributed by atoms with Crippen LogP contribution in [0.4, 0.5) is 14.5 Å². The van der Waals surface area contributed by atoms with Gasteiger partial charge < -0.3 is 5.32 Å². The fraction of sp³-hybridized carbons (Fsp3) is 0.200. The van der Waals surface area contributed by atoms with E-state index in [4.69, 9.17) is 0 Å². The average Bonchev–Trinajstić information content (AvgIpc) is 2.79. The van der Waals surface area contributed by atoms with Gasteiger partial charge >= 0.3 is 0 Å². The molecule has 0 bridgehead atoms. The highest BCUT2D eigenvalue weighted by atomic mass is 79.9. The Balaban J connectivity index is 1.93. The van der Waals surface area contributed by atoms with Crippen LogP contribution in [-0.4, -0.2) is 0 Å². The molecule has 2 aromatic rings. The van der Waals surface area contributed by atoms with Crippen molar-refractivity contribution >= 4 is 21.6 Å². The predicted molar refractivity (Wildman–Crippen MR) is 75.2 cm³/mol. The quantitative estimate of drug-likeness (QED) is 0.834. The van der Waals surface area contributed by atoms with Crippen molar-refractivity contribution < 1.29 is 8.78 Å². The molecule has 98 valence electrons. The summed E-state index contributed by atoms with van der Waals surface area (Å²) < 4.78 is 28.1. The normalized spacial score (nSPS) is 17.3. The van der Waals surface area contributed by atoms with Crippen molar-refractivity contribution in [3.8, 4) is 0 Å². The Labute approximate surface area is 118 Å². The highest BCUT2D eigenvalue weighted by Crippen LogP contribution is 2.37. The van der Waals surface area contributed by atoms with E-state index in [1.54, 1.807) is 18.2 Å². The number of para-hydroxylation sites is 1. The second-order valence-corrected chi connectivity index (χ2v) is 5.49. The van der Waals surface area contributed by atoms with Crippen LogP contribution in [0.2, 0.25) is 0 Å². The zero-order valence-corrected chi connectivity index (χ0v) is 11.7. The highest BCUT2D eigenvalue weighted by Gasteiger charge is 2.25. The Morgan fingerprint density at radius 2 is 1.79 bits per heavy atom. The highest BCUT2D eigenvalue weighted by molar-refractivity contribution is 9.10. The molecule has 0 aliphatic heterocycles. The Morgan fingerprint density at radius 1 is 1.05 bits per heavy atom. The van der Waals surface area contributed by atoms with Crippen LogP contribution in [0.15, 0.2) is 40.9 Å². The van der Waals surface area contributed by atoms with E-state index in [2.05, 4.69) is 21.2 Å². The van der Waals surface area contributed by atoms with E-state index < -0.39 is 0 Å². The summed E-state index contributed by atoms with van der Waals surface area (Å²) >= 11 is 3.33. The van der Waals surface area contributed by atoms with Gasteiger partial charge in [-0.15, -0.1) is 0 Å². The van der Waals surface area contributed by atoms with Gasteiger partial charge in [0, 0.05) is 4.47 Å². The van der Waals surface area contributed by atoms with E-state index in [-0.39, 0.29) is 17.7 Å². The molecule has 1 aliphatic rings. The monoisotopic (exact) mass is 323 g/mol. The van der Waals surface area contributed by atoms with Crippen LogP contribution >= 0.6 is 15.9 Å². The Kier molecular flexibility index (Phi) is 3.27. The number of fused-ring (bicyclic) bond motifs is 1. The van der Waals surface area contributed by atoms with Crippen molar-refractivity contribution in [3.63, 3.8) is 0 Å². The molecule has 0 saturated carbocycles. The SMILES string of the molecule is Fc1cccc2c1CCC2Nc1c(F)cccc1Br. The molecule has 3 rings (SSSR count). The second kappa shape index (κ2) is 4.93. The van der Waals surface area contributed by atoms with Gasteiger partial charge in [-0.05, 0) is 58.1 Å². The topological polar surface area (TPSA) is 12.0 Å². The number of hydrogen-bond donors (Lipinski definition) is 1. The minimum Gasteiger partial charge on any atom is -0.375 e. The second-order valence-electron chi connectivity index (χ2n) is 4.64. The first-order valence-electron chi connectivity index (χ1n) is 6.14. The van der Waals surface area contributed by atoms with Crippen LogP contribution < -0.4 is 5.32 Å². The van der Waals surface area contributed by atoms with Crippen molar-refractivity contribution in [1.29, 1.82) is 0 Å². The molecule has 0 spiro atoms. The molecule has 1 unspecified atom stereocenters. The molecular weight excluding hydrogens is 312 g/mol. The van der Waals surface area contributed by atoms with Crippen LogP contribution in [0.1, 0.15) is 23.6 Å². The lowest BCUT2D eigenvalue weighted by Gasteiger charge is -2.17. The standard InChI is InChI=1S/C15H12BrF2N/c16-11-4-2-6-13(18)15(11)19-14-8-7-9-10(14)3-1-5-12(9)17/h1-6,14,19H,7-8H2. The lowest BCUT2D eigenvalue weighted by Crippen LogP contribution is -2.09. The summed E-state index contributed by atoms with van der Waals surface area (Å²) in [6.07, 6.45) is 1.46. The lowest BCUT2D eigenvalue weighted by molar-refractivity contribution is 0.612. The molecule has 1 nitrogen and oxygen atoms in total. The molecule has 0 radical (unpaired) electrons. The van der Waals surface area contributed by atoms with Crippen LogP contribution in [-0.2, 0) is 6.42 Å². The molecule has 0 saturated heterocycles. The van der Waals surface area contributed by atoms with E-state index in [9.17, 15) is 8.78 Å². The fourth-order valence-corrected chi connectivity index (χ4v) is 3.03. The molecule has 1 atom stereocenters. The first kappa shape index (κ1) is 12.6. The van der Waals surface area contributed by atoms with Gasteiger partial charge in [-0.2, -0.15) is 0 Å². The minimum atomic E-state index is -0.306. The summed E-state index contributed by atoms with van der Waals surface area (Å²) in [5, 5.41) is 3.17. The molecule has 0 fully saturated rings. The maximum absolute atomic E-state index is 13.8. The van der Waals surface area contributed by atoms with Crippen molar-refractivity contribution in [2.75, 3.05) is 5.32 Å². The lowest BCUT2D eigenvalue weighted by atomic mass is 10.1. The van der Waals surface area contributed by atoms with Gasteiger partial charge in [-0.3, -0.25) is 0 Å². The van der Waals surface area contributed by atoms with E-state index in [1.807, 2.05) is 6.07 Å². The van der Waals surface area contributed by atoms with E-state index in [1.165, 1.54) is 12.1 Å². The van der Waals surface area contributed by atoms with Crippen LogP contribution in [0.5, 0.6) is 0 Å². The van der Waals surface area contributed by atoms with Gasteiger partial charge in [0.25, 0.3) is 0 Å². The van der Waals surface area contributed by atoms with Crippen molar-refractivity contribution in [3.05, 3.63) is 63.6 Å². The average molecular weight is 324 g/mol. The number of rotatable bonds is 2. The maximum Gasteiger partial charge on any atom is 0.147 e. The summed E-state index contributed by atoms with van der Waals surface area (Å²) in [5.41, 5.74) is 2.10. The zero-order chi connectivity index (χ0) is 13.4. The minimum absolute atomic E-state index is 0.0427. The Bertz CT molecular complexity index is 607. The third-order valence-corrected chi connectivity index (χ3v) is 4.16. The van der Waals surface area contributed by atoms with Gasteiger partial charge in [0.2, 0.25) is 0 Å². The van der Waals surface area contributed by atoms with Crippen molar-refractivity contribution in [2.45, 2.75) is 18.9 Å². The van der Waals surface area contributed by atoms with Crippen LogP contribution in [0, 0.1) is 11.6 Å². The predicted octanol–water partition coefficient (Wildman–Crippen LogP) is 4.83. The van der Waals surface area contributed by atoms with Gasteiger partial charge in [0.05, 0.1) is 11.7 Å². The third-order valence-electron chi connectivity index (χ3n) is 3.49. The fourth-order valence-electron chi connectivity index (χ4n) is 2.57. The number of halogens is 3. The third kappa shape index (κ3) is 2.25. The maximum atomic E-state index is 13.8. The Morgan fingerprint density at radius 3 is 2.58 bits per heavy atom. The van der Waals surface area contributed by atoms with Crippen LogP contribution in [0.3, 0.4) is 0 Å².